The number of sulfonamides is 1. The topological polar surface area (TPSA) is 119 Å². The Bertz CT molecular complexity index is 936. The molecule has 31 heavy (non-hydrogen) atoms. The minimum atomic E-state index is -3.69. The summed E-state index contributed by atoms with van der Waals surface area (Å²) in [6.45, 7) is 2.71. The number of guanidine groups is 1. The summed E-state index contributed by atoms with van der Waals surface area (Å²) in [7, 11) is -1.95. The van der Waals surface area contributed by atoms with Crippen molar-refractivity contribution in [1.82, 2.24) is 10.6 Å². The first-order chi connectivity index (χ1) is 14.9. The van der Waals surface area contributed by atoms with Crippen LogP contribution in [0.4, 0.5) is 0 Å². The Morgan fingerprint density at radius 2 is 2.00 bits per heavy atom. The predicted molar refractivity (Wildman–Crippen MR) is 120 cm³/mol. The number of ether oxygens (including phenoxy) is 1. The average Bonchev–Trinajstić information content (AvgIpc) is 3.23. The molecule has 0 radical (unpaired) electrons. The Hall–Kier alpha value is -2.36. The van der Waals surface area contributed by atoms with Crippen molar-refractivity contribution in [2.45, 2.75) is 43.5 Å². The van der Waals surface area contributed by atoms with Crippen LogP contribution >= 0.6 is 0 Å². The summed E-state index contributed by atoms with van der Waals surface area (Å²) in [5.41, 5.74) is 1.16. The number of nitrogens with zero attached hydrogens (tertiary/aromatic N) is 1. The molecule has 9 heteroatoms. The molecule has 0 amide bonds. The largest absolute Gasteiger partial charge is 0.469 e. The number of nitrogens with one attached hydrogen (secondary N) is 2. The standard InChI is InChI=1S/C22H32N4O4S/c1-29-15-12-22(10-3-11-22)17-26-21(24-13-9-19-4-2-14-30-19)25-16-18-5-7-20(8-6-18)31(23,27)28/h2,4-8,14H,3,9-13,15-17H2,1H3,(H2,23,27,28)(H2,24,25,26). The van der Waals surface area contributed by atoms with Gasteiger partial charge in [0.25, 0.3) is 0 Å². The van der Waals surface area contributed by atoms with Crippen LogP contribution < -0.4 is 15.8 Å². The Morgan fingerprint density at radius 1 is 1.23 bits per heavy atom. The van der Waals surface area contributed by atoms with Crippen LogP contribution in [0.2, 0.25) is 0 Å². The van der Waals surface area contributed by atoms with Crippen molar-refractivity contribution in [2.75, 3.05) is 26.8 Å². The van der Waals surface area contributed by atoms with Gasteiger partial charge < -0.3 is 19.8 Å². The van der Waals surface area contributed by atoms with E-state index in [1.165, 1.54) is 31.4 Å². The van der Waals surface area contributed by atoms with Crippen molar-refractivity contribution in [3.05, 3.63) is 54.0 Å². The maximum atomic E-state index is 11.4. The highest BCUT2D eigenvalue weighted by molar-refractivity contribution is 7.89. The monoisotopic (exact) mass is 448 g/mol. The van der Waals surface area contributed by atoms with Crippen LogP contribution in [0.25, 0.3) is 0 Å². The average molecular weight is 449 g/mol. The lowest BCUT2D eigenvalue weighted by Crippen LogP contribution is -2.47. The van der Waals surface area contributed by atoms with E-state index >= 15 is 0 Å². The van der Waals surface area contributed by atoms with Crippen molar-refractivity contribution in [1.29, 1.82) is 0 Å². The molecule has 1 aromatic heterocycles. The van der Waals surface area contributed by atoms with Crippen LogP contribution in [0.15, 0.2) is 57.0 Å². The summed E-state index contributed by atoms with van der Waals surface area (Å²) in [5, 5.41) is 12.0. The number of hydrogen-bond donors (Lipinski definition) is 3. The van der Waals surface area contributed by atoms with E-state index in [4.69, 9.17) is 19.3 Å². The summed E-state index contributed by atoms with van der Waals surface area (Å²) < 4.78 is 33.5. The zero-order valence-electron chi connectivity index (χ0n) is 18.0. The zero-order valence-corrected chi connectivity index (χ0v) is 18.8. The third-order valence-electron chi connectivity index (χ3n) is 5.80. The molecule has 0 spiro atoms. The van der Waals surface area contributed by atoms with Crippen molar-refractivity contribution < 1.29 is 17.6 Å². The fourth-order valence-corrected chi connectivity index (χ4v) is 4.19. The van der Waals surface area contributed by atoms with E-state index in [0.29, 0.717) is 13.1 Å². The van der Waals surface area contributed by atoms with Gasteiger partial charge in [-0.25, -0.2) is 18.5 Å². The van der Waals surface area contributed by atoms with Crippen LogP contribution in [-0.2, 0) is 27.7 Å². The van der Waals surface area contributed by atoms with Gasteiger partial charge in [-0.15, -0.1) is 0 Å². The second kappa shape index (κ2) is 10.8. The third kappa shape index (κ3) is 7.09. The molecule has 170 valence electrons. The molecule has 0 bridgehead atoms. The van der Waals surface area contributed by atoms with E-state index in [2.05, 4.69) is 10.6 Å². The molecule has 0 aliphatic heterocycles. The van der Waals surface area contributed by atoms with E-state index in [-0.39, 0.29) is 10.3 Å². The predicted octanol–water partition coefficient (Wildman–Crippen LogP) is 2.41. The molecular weight excluding hydrogens is 416 g/mol. The first-order valence-corrected chi connectivity index (χ1v) is 12.1. The second-order valence-electron chi connectivity index (χ2n) is 8.06. The molecule has 1 aromatic carbocycles. The SMILES string of the molecule is COCCC1(CNC(=NCc2ccc(S(N)(=O)=O)cc2)NCCc2ccco2)CCC1. The van der Waals surface area contributed by atoms with Crippen LogP contribution in [0.3, 0.4) is 0 Å². The smallest absolute Gasteiger partial charge is 0.238 e. The maximum Gasteiger partial charge on any atom is 0.238 e. The third-order valence-corrected chi connectivity index (χ3v) is 6.73. The molecule has 1 aliphatic carbocycles. The molecule has 4 N–H and O–H groups in total. The molecule has 0 saturated heterocycles. The van der Waals surface area contributed by atoms with Gasteiger partial charge in [0.05, 0.1) is 17.7 Å². The van der Waals surface area contributed by atoms with Crippen LogP contribution in [0.5, 0.6) is 0 Å². The Kier molecular flexibility index (Phi) is 8.11. The molecule has 1 heterocycles. The van der Waals surface area contributed by atoms with Gasteiger partial charge in [0.1, 0.15) is 5.76 Å². The summed E-state index contributed by atoms with van der Waals surface area (Å²) >= 11 is 0. The van der Waals surface area contributed by atoms with E-state index in [1.54, 1.807) is 25.5 Å². The van der Waals surface area contributed by atoms with Gasteiger partial charge in [0.15, 0.2) is 5.96 Å². The Balaban J connectivity index is 1.62. The summed E-state index contributed by atoms with van der Waals surface area (Å²) in [6.07, 6.45) is 7.09. The van der Waals surface area contributed by atoms with E-state index in [9.17, 15) is 8.42 Å². The lowest BCUT2D eigenvalue weighted by Gasteiger charge is -2.42. The number of aliphatic imine (C=N–C) groups is 1. The lowest BCUT2D eigenvalue weighted by molar-refractivity contribution is 0.0732. The highest BCUT2D eigenvalue weighted by Gasteiger charge is 2.36. The Labute approximate surface area is 184 Å². The normalized spacial score (nSPS) is 16.0. The summed E-state index contributed by atoms with van der Waals surface area (Å²) in [4.78, 5) is 4.80. The van der Waals surface area contributed by atoms with Gasteiger partial charge in [-0.3, -0.25) is 0 Å². The highest BCUT2D eigenvalue weighted by atomic mass is 32.2. The lowest BCUT2D eigenvalue weighted by atomic mass is 9.67. The minimum absolute atomic E-state index is 0.0974. The first-order valence-electron chi connectivity index (χ1n) is 10.6. The number of benzene rings is 1. The maximum absolute atomic E-state index is 11.4. The van der Waals surface area contributed by atoms with Gasteiger partial charge in [0.2, 0.25) is 10.0 Å². The van der Waals surface area contributed by atoms with E-state index in [1.807, 2.05) is 12.1 Å². The Morgan fingerprint density at radius 3 is 2.58 bits per heavy atom. The fourth-order valence-electron chi connectivity index (χ4n) is 3.67. The minimum Gasteiger partial charge on any atom is -0.469 e. The van der Waals surface area contributed by atoms with Crippen LogP contribution in [-0.4, -0.2) is 41.2 Å². The second-order valence-corrected chi connectivity index (χ2v) is 9.62. The van der Waals surface area contributed by atoms with Gasteiger partial charge in [-0.05, 0) is 54.5 Å². The van der Waals surface area contributed by atoms with Crippen molar-refractivity contribution in [2.24, 2.45) is 15.5 Å². The van der Waals surface area contributed by atoms with Gasteiger partial charge in [0, 0.05) is 33.2 Å². The van der Waals surface area contributed by atoms with Gasteiger partial charge in [-0.1, -0.05) is 18.6 Å². The molecule has 0 atom stereocenters. The van der Waals surface area contributed by atoms with Crippen LogP contribution in [0, 0.1) is 5.41 Å². The first kappa shape index (κ1) is 23.3. The summed E-state index contributed by atoms with van der Waals surface area (Å²) in [5.74, 6) is 1.65. The van der Waals surface area contributed by atoms with Gasteiger partial charge in [-0.2, -0.15) is 0 Å². The quantitative estimate of drug-likeness (QED) is 0.359. The molecule has 1 saturated carbocycles. The molecule has 8 nitrogen and oxygen atoms in total. The molecular formula is C22H32N4O4S. The number of methoxy groups -OCH3 is 1. The van der Waals surface area contributed by atoms with Crippen molar-refractivity contribution in [3.8, 4) is 0 Å². The molecule has 0 unspecified atom stereocenters. The summed E-state index contributed by atoms with van der Waals surface area (Å²) in [6, 6.07) is 10.3. The number of furan rings is 1. The molecule has 1 fully saturated rings. The molecule has 1 aliphatic rings. The van der Waals surface area contributed by atoms with Crippen molar-refractivity contribution in [3.63, 3.8) is 0 Å². The van der Waals surface area contributed by atoms with Crippen molar-refractivity contribution >= 4 is 16.0 Å². The fraction of sp³-hybridized carbons (Fsp3) is 0.500. The number of rotatable bonds is 11. The van der Waals surface area contributed by atoms with E-state index in [0.717, 1.165) is 43.3 Å². The number of hydrogen-bond acceptors (Lipinski definition) is 5. The number of primary sulfonamides is 1. The number of nitrogens with two attached hydrogens (primary N) is 1. The molecule has 2 aromatic rings. The van der Waals surface area contributed by atoms with Gasteiger partial charge >= 0.3 is 0 Å². The highest BCUT2D eigenvalue weighted by Crippen LogP contribution is 2.43. The zero-order chi connectivity index (χ0) is 22.2. The van der Waals surface area contributed by atoms with Crippen LogP contribution in [0.1, 0.15) is 37.0 Å². The van der Waals surface area contributed by atoms with E-state index < -0.39 is 10.0 Å². The molecule has 3 rings (SSSR count).